The minimum Gasteiger partial charge on any atom is -0.359 e. The summed E-state index contributed by atoms with van der Waals surface area (Å²) in [5.41, 5.74) is -3.19. The number of carbonyl (C=O) groups excluding carboxylic acids is 2. The van der Waals surface area contributed by atoms with E-state index in [1.165, 1.54) is 39.1 Å². The SMILES string of the molecule is CNC(=O)CCCc1ccc(NC(=S)N(C(=O)C(C)C)c2ccc(C#N)c(C(F)(F)F)c2F)cc1F. The molecule has 0 saturated heterocycles. The summed E-state index contributed by atoms with van der Waals surface area (Å²) in [5.74, 6) is -4.27. The number of thiocarbonyl (C=S) groups is 1. The quantitative estimate of drug-likeness (QED) is 0.377. The zero-order chi connectivity index (χ0) is 27.2. The van der Waals surface area contributed by atoms with Crippen molar-refractivity contribution in [2.75, 3.05) is 17.3 Å². The lowest BCUT2D eigenvalue weighted by atomic mass is 10.0. The minimum atomic E-state index is -5.20. The number of benzene rings is 2. The lowest BCUT2D eigenvalue weighted by molar-refractivity contribution is -0.140. The van der Waals surface area contributed by atoms with Crippen molar-refractivity contribution >= 4 is 40.5 Å². The van der Waals surface area contributed by atoms with Crippen LogP contribution in [0.15, 0.2) is 30.3 Å². The average Bonchev–Trinajstić information content (AvgIpc) is 2.80. The standard InChI is InChI=1S/C24H23F5N4O2S/c1-13(2)22(35)33(18-10-8-15(12-30)20(21(18)26)24(27,28)29)23(36)32-16-9-7-14(17(25)11-16)5-4-6-19(34)31-3/h7-11,13H,4-6H2,1-3H3,(H,31,34)(H,32,36). The van der Waals surface area contributed by atoms with Crippen LogP contribution in [-0.4, -0.2) is 24.0 Å². The van der Waals surface area contributed by atoms with E-state index in [2.05, 4.69) is 10.6 Å². The first-order valence-corrected chi connectivity index (χ1v) is 11.2. The largest absolute Gasteiger partial charge is 0.420 e. The van der Waals surface area contributed by atoms with Gasteiger partial charge in [0.25, 0.3) is 0 Å². The van der Waals surface area contributed by atoms with E-state index in [9.17, 15) is 27.2 Å². The number of nitriles is 1. The Hall–Kier alpha value is -3.59. The third-order valence-electron chi connectivity index (χ3n) is 5.12. The first-order valence-electron chi connectivity index (χ1n) is 10.8. The molecule has 0 aliphatic heterocycles. The van der Waals surface area contributed by atoms with E-state index in [0.29, 0.717) is 16.9 Å². The van der Waals surface area contributed by atoms with Crippen molar-refractivity contribution in [1.29, 1.82) is 5.26 Å². The molecule has 0 fully saturated rings. The van der Waals surface area contributed by atoms with Crippen LogP contribution in [0.4, 0.5) is 33.3 Å². The van der Waals surface area contributed by atoms with Gasteiger partial charge in [-0.3, -0.25) is 14.5 Å². The van der Waals surface area contributed by atoms with Crippen molar-refractivity contribution in [3.8, 4) is 6.07 Å². The molecule has 12 heteroatoms. The van der Waals surface area contributed by atoms with E-state index in [1.54, 1.807) is 0 Å². The van der Waals surface area contributed by atoms with Crippen molar-refractivity contribution in [2.45, 2.75) is 39.3 Å². The van der Waals surface area contributed by atoms with Gasteiger partial charge in [-0.25, -0.2) is 8.78 Å². The van der Waals surface area contributed by atoms with E-state index >= 15 is 4.39 Å². The molecule has 0 bridgehead atoms. The normalized spacial score (nSPS) is 11.1. The van der Waals surface area contributed by atoms with Crippen molar-refractivity contribution in [2.24, 2.45) is 5.92 Å². The van der Waals surface area contributed by atoms with Crippen LogP contribution in [0.25, 0.3) is 0 Å². The Balaban J connectivity index is 2.39. The molecule has 0 saturated carbocycles. The zero-order valence-electron chi connectivity index (χ0n) is 19.6. The van der Waals surface area contributed by atoms with Crippen molar-refractivity contribution in [3.05, 3.63) is 58.7 Å². The van der Waals surface area contributed by atoms with Crippen LogP contribution in [0.1, 0.15) is 43.4 Å². The van der Waals surface area contributed by atoms with Gasteiger partial charge in [-0.05, 0) is 54.9 Å². The van der Waals surface area contributed by atoms with E-state index in [1.807, 2.05) is 0 Å². The van der Waals surface area contributed by atoms with Crippen LogP contribution >= 0.6 is 12.2 Å². The average molecular weight is 527 g/mol. The van der Waals surface area contributed by atoms with E-state index in [0.717, 1.165) is 18.2 Å². The van der Waals surface area contributed by atoms with Crippen LogP contribution in [0.2, 0.25) is 0 Å². The van der Waals surface area contributed by atoms with E-state index in [-0.39, 0.29) is 24.4 Å². The molecule has 0 aliphatic carbocycles. The number of hydrogen-bond acceptors (Lipinski definition) is 4. The molecule has 0 atom stereocenters. The summed E-state index contributed by atoms with van der Waals surface area (Å²) in [7, 11) is 1.49. The highest BCUT2D eigenvalue weighted by molar-refractivity contribution is 7.80. The van der Waals surface area contributed by atoms with Gasteiger partial charge in [0.1, 0.15) is 11.4 Å². The van der Waals surface area contributed by atoms with Crippen LogP contribution < -0.4 is 15.5 Å². The summed E-state index contributed by atoms with van der Waals surface area (Å²) in [4.78, 5) is 24.7. The molecule has 0 unspecified atom stereocenters. The number of hydrogen-bond donors (Lipinski definition) is 2. The third-order valence-corrected chi connectivity index (χ3v) is 5.40. The number of anilines is 2. The fraction of sp³-hybridized carbons (Fsp3) is 0.333. The first kappa shape index (κ1) is 28.6. The highest BCUT2D eigenvalue weighted by Gasteiger charge is 2.40. The molecule has 6 nitrogen and oxygen atoms in total. The summed E-state index contributed by atoms with van der Waals surface area (Å²) in [6.07, 6.45) is -4.32. The van der Waals surface area contributed by atoms with Crippen molar-refractivity contribution in [1.82, 2.24) is 5.32 Å². The molecular formula is C24H23F5N4O2S. The van der Waals surface area contributed by atoms with Gasteiger partial charge in [0.05, 0.1) is 17.3 Å². The molecule has 2 amide bonds. The molecule has 0 radical (unpaired) electrons. The molecule has 2 aromatic rings. The number of nitrogens with zero attached hydrogens (tertiary/aromatic N) is 2. The Labute approximate surface area is 210 Å². The van der Waals surface area contributed by atoms with Gasteiger partial charge in [-0.15, -0.1) is 0 Å². The van der Waals surface area contributed by atoms with Crippen LogP contribution in [0, 0.1) is 28.9 Å². The zero-order valence-corrected chi connectivity index (χ0v) is 20.4. The summed E-state index contributed by atoms with van der Waals surface area (Å²) < 4.78 is 70.1. The van der Waals surface area contributed by atoms with Crippen LogP contribution in [0.3, 0.4) is 0 Å². The molecular weight excluding hydrogens is 503 g/mol. The second-order valence-electron chi connectivity index (χ2n) is 8.02. The number of rotatable bonds is 7. The number of aryl methyl sites for hydroxylation is 1. The second-order valence-corrected chi connectivity index (χ2v) is 8.41. The lowest BCUT2D eigenvalue weighted by Crippen LogP contribution is -2.43. The number of alkyl halides is 3. The highest BCUT2D eigenvalue weighted by atomic mass is 32.1. The molecule has 2 rings (SSSR count). The van der Waals surface area contributed by atoms with E-state index in [4.69, 9.17) is 17.5 Å². The van der Waals surface area contributed by atoms with E-state index < -0.39 is 51.6 Å². The maximum absolute atomic E-state index is 15.1. The molecule has 0 aliphatic rings. The Morgan fingerprint density at radius 1 is 1.17 bits per heavy atom. The Kier molecular flexibility index (Phi) is 9.47. The Morgan fingerprint density at radius 3 is 2.36 bits per heavy atom. The highest BCUT2D eigenvalue weighted by Crippen LogP contribution is 2.38. The molecule has 36 heavy (non-hydrogen) atoms. The van der Waals surface area contributed by atoms with Gasteiger partial charge in [0.15, 0.2) is 10.9 Å². The minimum absolute atomic E-state index is 0.0687. The maximum atomic E-state index is 15.1. The van der Waals surface area contributed by atoms with Crippen LogP contribution in [-0.2, 0) is 22.2 Å². The Bertz CT molecular complexity index is 1210. The summed E-state index contributed by atoms with van der Waals surface area (Å²) in [6.45, 7) is 2.88. The predicted octanol–water partition coefficient (Wildman–Crippen LogP) is 5.31. The second kappa shape index (κ2) is 11.9. The first-order chi connectivity index (χ1) is 16.8. The van der Waals surface area contributed by atoms with Crippen molar-refractivity contribution < 1.29 is 31.5 Å². The molecule has 192 valence electrons. The molecule has 0 spiro atoms. The van der Waals surface area contributed by atoms with Gasteiger partial charge in [-0.1, -0.05) is 19.9 Å². The van der Waals surface area contributed by atoms with Crippen LogP contribution in [0.5, 0.6) is 0 Å². The smallest absolute Gasteiger partial charge is 0.359 e. The summed E-state index contributed by atoms with van der Waals surface area (Å²) >= 11 is 5.19. The fourth-order valence-electron chi connectivity index (χ4n) is 3.27. The predicted molar refractivity (Wildman–Crippen MR) is 128 cm³/mol. The van der Waals surface area contributed by atoms with Gasteiger partial charge >= 0.3 is 6.18 Å². The number of amides is 2. The molecule has 0 heterocycles. The Morgan fingerprint density at radius 2 is 1.83 bits per heavy atom. The van der Waals surface area contributed by atoms with Crippen molar-refractivity contribution in [3.63, 3.8) is 0 Å². The number of nitrogens with one attached hydrogen (secondary N) is 2. The van der Waals surface area contributed by atoms with Gasteiger partial charge < -0.3 is 10.6 Å². The summed E-state index contributed by atoms with van der Waals surface area (Å²) in [6, 6.07) is 6.82. The monoisotopic (exact) mass is 526 g/mol. The number of halogens is 5. The molecule has 2 aromatic carbocycles. The molecule has 0 aromatic heterocycles. The fourth-order valence-corrected chi connectivity index (χ4v) is 3.57. The maximum Gasteiger partial charge on any atom is 0.420 e. The van der Waals surface area contributed by atoms with Gasteiger partial charge in [0, 0.05) is 25.1 Å². The number of carbonyl (C=O) groups is 2. The topological polar surface area (TPSA) is 85.2 Å². The molecule has 2 N–H and O–H groups in total. The summed E-state index contributed by atoms with van der Waals surface area (Å²) in [5, 5.41) is 13.5. The lowest BCUT2D eigenvalue weighted by Gasteiger charge is -2.27. The van der Waals surface area contributed by atoms with Gasteiger partial charge in [-0.2, -0.15) is 18.4 Å². The third kappa shape index (κ3) is 6.75. The van der Waals surface area contributed by atoms with Gasteiger partial charge in [0.2, 0.25) is 11.8 Å².